The second-order valence-corrected chi connectivity index (χ2v) is 5.53. The molecule has 1 unspecified atom stereocenters. The molecule has 2 rings (SSSR count). The maximum atomic E-state index is 10.0. The lowest BCUT2D eigenvalue weighted by molar-refractivity contribution is 0.160. The molecule has 1 saturated carbocycles. The van der Waals surface area contributed by atoms with Gasteiger partial charge in [0.25, 0.3) is 0 Å². The summed E-state index contributed by atoms with van der Waals surface area (Å²) in [5.74, 6) is 1.48. The summed E-state index contributed by atoms with van der Waals surface area (Å²) in [5, 5.41) is 10.0. The molecule has 16 heavy (non-hydrogen) atoms. The molecule has 0 aliphatic heterocycles. The number of aliphatic hydroxyl groups is 1. The first-order valence-electron chi connectivity index (χ1n) is 6.42. The maximum absolute atomic E-state index is 10.0. The average molecular weight is 218 g/mol. The first kappa shape index (κ1) is 11.7. The fourth-order valence-electron chi connectivity index (χ4n) is 2.15. The molecule has 0 saturated heterocycles. The fourth-order valence-corrected chi connectivity index (χ4v) is 2.15. The third-order valence-electron chi connectivity index (χ3n) is 3.26. The lowest BCUT2D eigenvalue weighted by atomic mass is 9.98. The standard InChI is InChI=1S/C15H22O/c1-11(2)9-12-5-7-14(8-6-12)15(16)10-13-3-4-13/h5-8,11,13,15-16H,3-4,9-10H2,1-2H3. The molecule has 1 aliphatic rings. The van der Waals surface area contributed by atoms with Crippen LogP contribution in [0.15, 0.2) is 24.3 Å². The molecule has 0 heterocycles. The van der Waals surface area contributed by atoms with E-state index in [0.717, 1.165) is 24.3 Å². The zero-order valence-corrected chi connectivity index (χ0v) is 10.3. The summed E-state index contributed by atoms with van der Waals surface area (Å²) in [6.45, 7) is 4.46. The normalized spacial score (nSPS) is 17.8. The Bertz CT molecular complexity index is 322. The molecule has 0 amide bonds. The van der Waals surface area contributed by atoms with Crippen molar-refractivity contribution in [2.45, 2.75) is 45.6 Å². The Morgan fingerprint density at radius 1 is 1.19 bits per heavy atom. The summed E-state index contributed by atoms with van der Waals surface area (Å²) in [6.07, 6.45) is 4.44. The third kappa shape index (κ3) is 3.34. The van der Waals surface area contributed by atoms with E-state index in [4.69, 9.17) is 0 Å². The Morgan fingerprint density at radius 2 is 1.81 bits per heavy atom. The predicted octanol–water partition coefficient (Wildman–Crippen LogP) is 3.72. The Morgan fingerprint density at radius 3 is 2.31 bits per heavy atom. The summed E-state index contributed by atoms with van der Waals surface area (Å²) in [6, 6.07) is 8.49. The van der Waals surface area contributed by atoms with Crippen molar-refractivity contribution in [1.29, 1.82) is 0 Å². The van der Waals surface area contributed by atoms with Gasteiger partial charge in [-0.05, 0) is 35.8 Å². The lowest BCUT2D eigenvalue weighted by Gasteiger charge is -2.11. The van der Waals surface area contributed by atoms with Crippen LogP contribution in [0.25, 0.3) is 0 Å². The van der Waals surface area contributed by atoms with E-state index in [0.29, 0.717) is 5.92 Å². The summed E-state index contributed by atoms with van der Waals surface area (Å²) >= 11 is 0. The molecule has 1 aromatic carbocycles. The summed E-state index contributed by atoms with van der Waals surface area (Å²) in [5.41, 5.74) is 2.46. The maximum Gasteiger partial charge on any atom is 0.0792 e. The Hall–Kier alpha value is -0.820. The van der Waals surface area contributed by atoms with E-state index < -0.39 is 0 Å². The van der Waals surface area contributed by atoms with Crippen LogP contribution in [0.4, 0.5) is 0 Å². The Labute approximate surface area is 98.5 Å². The van der Waals surface area contributed by atoms with Gasteiger partial charge in [-0.1, -0.05) is 51.0 Å². The average Bonchev–Trinajstić information content (AvgIpc) is 3.01. The summed E-state index contributed by atoms with van der Waals surface area (Å²) in [7, 11) is 0. The van der Waals surface area contributed by atoms with Crippen LogP contribution in [0.5, 0.6) is 0 Å². The van der Waals surface area contributed by atoms with Crippen LogP contribution in [0.2, 0.25) is 0 Å². The molecule has 1 nitrogen and oxygen atoms in total. The SMILES string of the molecule is CC(C)Cc1ccc(C(O)CC2CC2)cc1. The van der Waals surface area contributed by atoms with Crippen molar-refractivity contribution in [2.75, 3.05) is 0 Å². The number of aliphatic hydroxyl groups excluding tert-OH is 1. The third-order valence-corrected chi connectivity index (χ3v) is 3.26. The molecule has 0 spiro atoms. The van der Waals surface area contributed by atoms with Crippen LogP contribution in [-0.4, -0.2) is 5.11 Å². The highest BCUT2D eigenvalue weighted by Gasteiger charge is 2.24. The summed E-state index contributed by atoms with van der Waals surface area (Å²) in [4.78, 5) is 0. The van der Waals surface area contributed by atoms with E-state index in [2.05, 4.69) is 38.1 Å². The molecule has 1 N–H and O–H groups in total. The number of hydrogen-bond acceptors (Lipinski definition) is 1. The van der Waals surface area contributed by atoms with Gasteiger partial charge in [-0.15, -0.1) is 0 Å². The molecule has 1 aromatic rings. The Balaban J connectivity index is 1.94. The molecule has 1 atom stereocenters. The van der Waals surface area contributed by atoms with Crippen LogP contribution in [-0.2, 0) is 6.42 Å². The second kappa shape index (κ2) is 5.01. The van der Waals surface area contributed by atoms with E-state index in [-0.39, 0.29) is 6.10 Å². The largest absolute Gasteiger partial charge is 0.388 e. The van der Waals surface area contributed by atoms with Crippen molar-refractivity contribution >= 4 is 0 Å². The lowest BCUT2D eigenvalue weighted by Crippen LogP contribution is -1.99. The molecule has 1 heteroatoms. The molecule has 0 radical (unpaired) electrons. The van der Waals surface area contributed by atoms with Crippen LogP contribution in [0.1, 0.15) is 50.3 Å². The molecule has 88 valence electrons. The van der Waals surface area contributed by atoms with Gasteiger partial charge in [0.1, 0.15) is 0 Å². The van der Waals surface area contributed by atoms with Crippen molar-refractivity contribution in [3.05, 3.63) is 35.4 Å². The van der Waals surface area contributed by atoms with Crippen LogP contribution in [0.3, 0.4) is 0 Å². The molecule has 1 aliphatic carbocycles. The van der Waals surface area contributed by atoms with Crippen LogP contribution in [0, 0.1) is 11.8 Å². The van der Waals surface area contributed by atoms with E-state index >= 15 is 0 Å². The molecule has 0 bridgehead atoms. The van der Waals surface area contributed by atoms with Gasteiger partial charge in [0.2, 0.25) is 0 Å². The van der Waals surface area contributed by atoms with Crippen molar-refractivity contribution in [1.82, 2.24) is 0 Å². The van der Waals surface area contributed by atoms with E-state index in [1.165, 1.54) is 18.4 Å². The zero-order chi connectivity index (χ0) is 11.5. The molecular formula is C15H22O. The minimum absolute atomic E-state index is 0.249. The molecule has 0 aromatic heterocycles. The zero-order valence-electron chi connectivity index (χ0n) is 10.3. The highest BCUT2D eigenvalue weighted by Crippen LogP contribution is 2.37. The summed E-state index contributed by atoms with van der Waals surface area (Å²) < 4.78 is 0. The van der Waals surface area contributed by atoms with Crippen molar-refractivity contribution in [3.63, 3.8) is 0 Å². The highest BCUT2D eigenvalue weighted by atomic mass is 16.3. The van der Waals surface area contributed by atoms with Crippen molar-refractivity contribution in [3.8, 4) is 0 Å². The minimum Gasteiger partial charge on any atom is -0.388 e. The number of rotatable bonds is 5. The smallest absolute Gasteiger partial charge is 0.0792 e. The predicted molar refractivity (Wildman–Crippen MR) is 67.3 cm³/mol. The van der Waals surface area contributed by atoms with E-state index in [1.54, 1.807) is 0 Å². The van der Waals surface area contributed by atoms with Gasteiger partial charge in [0.15, 0.2) is 0 Å². The quantitative estimate of drug-likeness (QED) is 0.798. The molecular weight excluding hydrogens is 196 g/mol. The monoisotopic (exact) mass is 218 g/mol. The van der Waals surface area contributed by atoms with Gasteiger partial charge < -0.3 is 5.11 Å². The van der Waals surface area contributed by atoms with Crippen LogP contribution >= 0.6 is 0 Å². The van der Waals surface area contributed by atoms with Gasteiger partial charge in [-0.2, -0.15) is 0 Å². The Kier molecular flexibility index (Phi) is 3.65. The molecule has 1 fully saturated rings. The minimum atomic E-state index is -0.249. The van der Waals surface area contributed by atoms with Crippen molar-refractivity contribution in [2.24, 2.45) is 11.8 Å². The van der Waals surface area contributed by atoms with Crippen molar-refractivity contribution < 1.29 is 5.11 Å². The topological polar surface area (TPSA) is 20.2 Å². The van der Waals surface area contributed by atoms with Gasteiger partial charge >= 0.3 is 0 Å². The van der Waals surface area contributed by atoms with Crippen LogP contribution < -0.4 is 0 Å². The first-order chi connectivity index (χ1) is 7.65. The number of hydrogen-bond donors (Lipinski definition) is 1. The van der Waals surface area contributed by atoms with Gasteiger partial charge in [-0.25, -0.2) is 0 Å². The highest BCUT2D eigenvalue weighted by molar-refractivity contribution is 5.24. The second-order valence-electron chi connectivity index (χ2n) is 5.53. The fraction of sp³-hybridized carbons (Fsp3) is 0.600. The van der Waals surface area contributed by atoms with Gasteiger partial charge in [-0.3, -0.25) is 0 Å². The van der Waals surface area contributed by atoms with E-state index in [1.807, 2.05) is 0 Å². The number of benzene rings is 1. The van der Waals surface area contributed by atoms with E-state index in [9.17, 15) is 5.11 Å². The van der Waals surface area contributed by atoms with Gasteiger partial charge in [0.05, 0.1) is 6.10 Å². The van der Waals surface area contributed by atoms with Gasteiger partial charge in [0, 0.05) is 0 Å². The first-order valence-corrected chi connectivity index (χ1v) is 6.42.